The van der Waals surface area contributed by atoms with Gasteiger partial charge in [0, 0.05) is 17.1 Å². The van der Waals surface area contributed by atoms with Crippen LogP contribution in [0, 0.1) is 5.82 Å². The van der Waals surface area contributed by atoms with E-state index >= 15 is 0 Å². The second kappa shape index (κ2) is 9.86. The average molecular weight is 447 g/mol. The predicted octanol–water partition coefficient (Wildman–Crippen LogP) is 4.56. The Hall–Kier alpha value is -2.71. The average Bonchev–Trinajstić information content (AvgIpc) is 3.15. The van der Waals surface area contributed by atoms with Gasteiger partial charge in [0.25, 0.3) is 5.91 Å². The van der Waals surface area contributed by atoms with Crippen LogP contribution < -0.4 is 5.32 Å². The highest BCUT2D eigenvalue weighted by atomic mass is 35.5. The van der Waals surface area contributed by atoms with Crippen LogP contribution in [0.25, 0.3) is 0 Å². The molecule has 156 valence electrons. The summed E-state index contributed by atoms with van der Waals surface area (Å²) in [5.41, 5.74) is 0.537. The molecule has 0 fully saturated rings. The van der Waals surface area contributed by atoms with Gasteiger partial charge in [-0.3, -0.25) is 9.59 Å². The number of carbonyl (C=O) groups is 2. The van der Waals surface area contributed by atoms with Crippen molar-refractivity contribution in [1.82, 2.24) is 20.1 Å². The van der Waals surface area contributed by atoms with Crippen LogP contribution in [0.15, 0.2) is 53.7 Å². The second-order valence-corrected chi connectivity index (χ2v) is 7.86. The van der Waals surface area contributed by atoms with Crippen molar-refractivity contribution in [2.24, 2.45) is 0 Å². The summed E-state index contributed by atoms with van der Waals surface area (Å²) < 4.78 is 15.7. The van der Waals surface area contributed by atoms with Crippen LogP contribution in [0.5, 0.6) is 0 Å². The van der Waals surface area contributed by atoms with E-state index in [0.717, 1.165) is 0 Å². The van der Waals surface area contributed by atoms with E-state index < -0.39 is 17.8 Å². The van der Waals surface area contributed by atoms with Crippen molar-refractivity contribution < 1.29 is 14.0 Å². The Bertz CT molecular complexity index is 1060. The minimum absolute atomic E-state index is 0.0323. The molecular weight excluding hydrogens is 427 g/mol. The van der Waals surface area contributed by atoms with E-state index in [9.17, 15) is 14.0 Å². The Kier molecular flexibility index (Phi) is 7.23. The number of carbonyl (C=O) groups excluding carboxylic acids is 2. The van der Waals surface area contributed by atoms with E-state index in [4.69, 9.17) is 11.6 Å². The quantitative estimate of drug-likeness (QED) is 0.405. The van der Waals surface area contributed by atoms with Gasteiger partial charge in [-0.05, 0) is 50.2 Å². The van der Waals surface area contributed by atoms with Crippen molar-refractivity contribution in [2.75, 3.05) is 5.75 Å². The van der Waals surface area contributed by atoms with Crippen molar-refractivity contribution >= 4 is 35.1 Å². The summed E-state index contributed by atoms with van der Waals surface area (Å²) in [6.45, 7) is 4.23. The highest BCUT2D eigenvalue weighted by Gasteiger charge is 2.21. The van der Waals surface area contributed by atoms with Gasteiger partial charge in [0.15, 0.2) is 16.8 Å². The third kappa shape index (κ3) is 5.06. The molecule has 0 radical (unpaired) electrons. The number of nitrogens with zero attached hydrogens (tertiary/aromatic N) is 3. The first kappa shape index (κ1) is 22.0. The van der Waals surface area contributed by atoms with Gasteiger partial charge in [0.1, 0.15) is 5.82 Å². The van der Waals surface area contributed by atoms with Gasteiger partial charge in [-0.1, -0.05) is 35.5 Å². The van der Waals surface area contributed by atoms with E-state index in [1.54, 1.807) is 37.3 Å². The lowest BCUT2D eigenvalue weighted by molar-refractivity contribution is 0.0932. The standard InChI is InChI=1S/C21H20ClFN4O2S/c1-3-27-19(13(2)24-20(29)16-6-4-5-7-17(16)23)25-26-21(27)30-12-18(28)14-8-10-15(22)11-9-14/h4-11,13H,3,12H2,1-2H3,(H,24,29)/t13-/m1/s1. The van der Waals surface area contributed by atoms with Crippen molar-refractivity contribution in [3.8, 4) is 0 Å². The molecule has 1 atom stereocenters. The molecule has 0 spiro atoms. The molecular formula is C21H20ClFN4O2S. The number of hydrogen-bond donors (Lipinski definition) is 1. The lowest BCUT2D eigenvalue weighted by atomic mass is 10.1. The number of rotatable bonds is 8. The maximum Gasteiger partial charge on any atom is 0.254 e. The number of thioether (sulfide) groups is 1. The van der Waals surface area contributed by atoms with Crippen LogP contribution >= 0.6 is 23.4 Å². The zero-order valence-electron chi connectivity index (χ0n) is 16.4. The molecule has 3 rings (SSSR count). The molecule has 0 saturated carbocycles. The van der Waals surface area contributed by atoms with Gasteiger partial charge < -0.3 is 9.88 Å². The predicted molar refractivity (Wildman–Crippen MR) is 114 cm³/mol. The minimum atomic E-state index is -0.587. The smallest absolute Gasteiger partial charge is 0.254 e. The van der Waals surface area contributed by atoms with Crippen LogP contribution in [0.3, 0.4) is 0 Å². The summed E-state index contributed by atoms with van der Waals surface area (Å²) in [7, 11) is 0. The number of amides is 1. The monoisotopic (exact) mass is 446 g/mol. The molecule has 30 heavy (non-hydrogen) atoms. The van der Waals surface area contributed by atoms with E-state index in [1.165, 1.54) is 30.0 Å². The first-order valence-electron chi connectivity index (χ1n) is 9.30. The van der Waals surface area contributed by atoms with Gasteiger partial charge in [-0.25, -0.2) is 4.39 Å². The van der Waals surface area contributed by atoms with Crippen LogP contribution in [-0.4, -0.2) is 32.2 Å². The fourth-order valence-electron chi connectivity index (χ4n) is 2.86. The van der Waals surface area contributed by atoms with Gasteiger partial charge >= 0.3 is 0 Å². The second-order valence-electron chi connectivity index (χ2n) is 6.48. The summed E-state index contributed by atoms with van der Waals surface area (Å²) in [5, 5.41) is 12.2. The van der Waals surface area contributed by atoms with E-state index in [-0.39, 0.29) is 17.1 Å². The highest BCUT2D eigenvalue weighted by Crippen LogP contribution is 2.22. The number of halogens is 2. The molecule has 0 aliphatic rings. The number of ketones is 1. The lowest BCUT2D eigenvalue weighted by Crippen LogP contribution is -2.29. The SMILES string of the molecule is CCn1c(SCC(=O)c2ccc(Cl)cc2)nnc1[C@@H](C)NC(=O)c1ccccc1F. The van der Waals surface area contributed by atoms with Crippen LogP contribution in [-0.2, 0) is 6.54 Å². The number of nitrogens with one attached hydrogen (secondary N) is 1. The Balaban J connectivity index is 1.68. The van der Waals surface area contributed by atoms with E-state index in [1.807, 2.05) is 11.5 Å². The minimum Gasteiger partial charge on any atom is -0.342 e. The first-order chi connectivity index (χ1) is 14.4. The van der Waals surface area contributed by atoms with Crippen molar-refractivity contribution in [2.45, 2.75) is 31.6 Å². The summed E-state index contributed by atoms with van der Waals surface area (Å²) in [5.74, 6) is -0.446. The molecule has 0 saturated heterocycles. The molecule has 9 heteroatoms. The Morgan fingerprint density at radius 1 is 1.17 bits per heavy atom. The molecule has 1 N–H and O–H groups in total. The van der Waals surface area contributed by atoms with Crippen molar-refractivity contribution in [3.05, 3.63) is 76.3 Å². The zero-order valence-corrected chi connectivity index (χ0v) is 18.0. The number of benzene rings is 2. The van der Waals surface area contributed by atoms with Gasteiger partial charge in [-0.2, -0.15) is 0 Å². The van der Waals surface area contributed by atoms with Gasteiger partial charge in [0.2, 0.25) is 0 Å². The van der Waals surface area contributed by atoms with Crippen LogP contribution in [0.4, 0.5) is 4.39 Å². The topological polar surface area (TPSA) is 76.9 Å². The molecule has 0 aliphatic carbocycles. The van der Waals surface area contributed by atoms with E-state index in [2.05, 4.69) is 15.5 Å². The Labute approximate surface area is 182 Å². The van der Waals surface area contributed by atoms with Gasteiger partial charge in [-0.15, -0.1) is 10.2 Å². The third-order valence-corrected chi connectivity index (χ3v) is 5.63. The summed E-state index contributed by atoms with van der Waals surface area (Å²) in [6.07, 6.45) is 0. The van der Waals surface area contributed by atoms with Gasteiger partial charge in [0.05, 0.1) is 17.4 Å². The van der Waals surface area contributed by atoms with Crippen LogP contribution in [0.1, 0.15) is 46.4 Å². The Morgan fingerprint density at radius 3 is 2.53 bits per heavy atom. The maximum absolute atomic E-state index is 13.8. The van der Waals surface area contributed by atoms with E-state index in [0.29, 0.717) is 28.1 Å². The lowest BCUT2D eigenvalue weighted by Gasteiger charge is -2.15. The molecule has 1 heterocycles. The zero-order chi connectivity index (χ0) is 21.7. The molecule has 0 bridgehead atoms. The fourth-order valence-corrected chi connectivity index (χ4v) is 3.89. The molecule has 1 amide bonds. The maximum atomic E-state index is 13.8. The fraction of sp³-hybridized carbons (Fsp3) is 0.238. The number of aromatic nitrogens is 3. The van der Waals surface area contributed by atoms with Crippen molar-refractivity contribution in [3.63, 3.8) is 0 Å². The van der Waals surface area contributed by atoms with Crippen molar-refractivity contribution in [1.29, 1.82) is 0 Å². The molecule has 0 unspecified atom stereocenters. The normalized spacial score (nSPS) is 11.9. The summed E-state index contributed by atoms with van der Waals surface area (Å²) >= 11 is 7.12. The largest absolute Gasteiger partial charge is 0.342 e. The summed E-state index contributed by atoms with van der Waals surface area (Å²) in [4.78, 5) is 24.8. The molecule has 3 aromatic rings. The molecule has 2 aromatic carbocycles. The molecule has 0 aliphatic heterocycles. The summed E-state index contributed by atoms with van der Waals surface area (Å²) in [6, 6.07) is 12.0. The molecule has 6 nitrogen and oxygen atoms in total. The Morgan fingerprint density at radius 2 is 1.87 bits per heavy atom. The number of hydrogen-bond acceptors (Lipinski definition) is 5. The number of Topliss-reactive ketones (excluding diaryl/α,β-unsaturated/α-hetero) is 1. The van der Waals surface area contributed by atoms with Crippen LogP contribution in [0.2, 0.25) is 5.02 Å². The molecule has 1 aromatic heterocycles. The highest BCUT2D eigenvalue weighted by molar-refractivity contribution is 7.99. The third-order valence-electron chi connectivity index (χ3n) is 4.41. The first-order valence-corrected chi connectivity index (χ1v) is 10.7.